The third kappa shape index (κ3) is 3.13. The summed E-state index contributed by atoms with van der Waals surface area (Å²) in [4.78, 5) is 14.6. The first-order valence-corrected chi connectivity index (χ1v) is 8.45. The highest BCUT2D eigenvalue weighted by Gasteiger charge is 2.24. The minimum Gasteiger partial charge on any atom is -0.497 e. The number of nitrogens with zero attached hydrogens (tertiary/aromatic N) is 3. The Morgan fingerprint density at radius 1 is 1.23 bits per heavy atom. The lowest BCUT2D eigenvalue weighted by molar-refractivity contribution is -0.118. The maximum Gasteiger partial charge on any atom is 0.231 e. The second kappa shape index (κ2) is 6.92. The van der Waals surface area contributed by atoms with E-state index in [-0.39, 0.29) is 5.91 Å². The van der Waals surface area contributed by atoms with Gasteiger partial charge in [0.15, 0.2) is 0 Å². The molecule has 0 unspecified atom stereocenters. The average Bonchev–Trinajstić information content (AvgIpc) is 3.22. The van der Waals surface area contributed by atoms with E-state index in [2.05, 4.69) is 5.10 Å². The summed E-state index contributed by atoms with van der Waals surface area (Å²) < 4.78 is 12.7. The zero-order valence-electron chi connectivity index (χ0n) is 14.5. The Morgan fingerprint density at radius 3 is 2.81 bits per heavy atom. The fourth-order valence-electron chi connectivity index (χ4n) is 3.04. The van der Waals surface area contributed by atoms with Gasteiger partial charge in [0.05, 0.1) is 31.5 Å². The number of rotatable bonds is 4. The topological polar surface area (TPSA) is 56.6 Å². The summed E-state index contributed by atoms with van der Waals surface area (Å²) in [6, 6.07) is 15.2. The number of methoxy groups -OCH3 is 1. The van der Waals surface area contributed by atoms with Crippen LogP contribution in [0.5, 0.6) is 11.5 Å². The van der Waals surface area contributed by atoms with Gasteiger partial charge in [-0.25, -0.2) is 4.68 Å². The average molecular weight is 349 g/mol. The minimum absolute atomic E-state index is 0.0367. The summed E-state index contributed by atoms with van der Waals surface area (Å²) in [5.41, 5.74) is 2.68. The van der Waals surface area contributed by atoms with Crippen LogP contribution in [-0.4, -0.2) is 35.9 Å². The van der Waals surface area contributed by atoms with Crippen molar-refractivity contribution in [2.45, 2.75) is 6.42 Å². The van der Waals surface area contributed by atoms with Gasteiger partial charge in [0.2, 0.25) is 5.91 Å². The smallest absolute Gasteiger partial charge is 0.231 e. The van der Waals surface area contributed by atoms with E-state index in [4.69, 9.17) is 9.47 Å². The molecule has 0 N–H and O–H groups in total. The number of amides is 1. The van der Waals surface area contributed by atoms with E-state index < -0.39 is 0 Å². The van der Waals surface area contributed by atoms with Crippen molar-refractivity contribution in [3.8, 4) is 17.2 Å². The molecule has 1 aliphatic rings. The van der Waals surface area contributed by atoms with Gasteiger partial charge < -0.3 is 14.4 Å². The van der Waals surface area contributed by atoms with Crippen molar-refractivity contribution in [3.63, 3.8) is 0 Å². The molecule has 0 radical (unpaired) electrons. The van der Waals surface area contributed by atoms with Crippen LogP contribution in [0.25, 0.3) is 5.69 Å². The third-order valence-electron chi connectivity index (χ3n) is 4.39. The number of carbonyl (C=O) groups is 1. The maximum atomic E-state index is 12.9. The molecule has 1 aliphatic heterocycles. The molecule has 1 amide bonds. The Morgan fingerprint density at radius 2 is 2.08 bits per heavy atom. The lowest BCUT2D eigenvalue weighted by Crippen LogP contribution is -2.38. The molecule has 0 fully saturated rings. The Hall–Kier alpha value is -3.28. The van der Waals surface area contributed by atoms with Gasteiger partial charge in [-0.2, -0.15) is 5.10 Å². The molecule has 4 rings (SSSR count). The molecule has 0 spiro atoms. The highest BCUT2D eigenvalue weighted by Crippen LogP contribution is 2.35. The number of anilines is 1. The summed E-state index contributed by atoms with van der Waals surface area (Å²) in [5, 5.41) is 4.21. The molecule has 132 valence electrons. The summed E-state index contributed by atoms with van der Waals surface area (Å²) in [6.45, 7) is 1.02. The molecule has 2 aromatic carbocycles. The SMILES string of the molecule is COc1ccc2c(c1)N(C(=O)Cc1ccc(-n3cccn3)cc1)CCO2. The largest absolute Gasteiger partial charge is 0.497 e. The number of hydrogen-bond donors (Lipinski definition) is 0. The Kier molecular flexibility index (Phi) is 4.31. The lowest BCUT2D eigenvalue weighted by Gasteiger charge is -2.30. The fraction of sp³-hybridized carbons (Fsp3) is 0.200. The van der Waals surface area contributed by atoms with Gasteiger partial charge in [-0.3, -0.25) is 4.79 Å². The number of hydrogen-bond acceptors (Lipinski definition) is 4. The van der Waals surface area contributed by atoms with E-state index in [0.717, 1.165) is 16.9 Å². The normalized spacial score (nSPS) is 13.0. The molecule has 2 heterocycles. The van der Waals surface area contributed by atoms with Crippen molar-refractivity contribution in [2.75, 3.05) is 25.2 Å². The van der Waals surface area contributed by atoms with Crippen molar-refractivity contribution in [1.29, 1.82) is 0 Å². The number of carbonyl (C=O) groups excluding carboxylic acids is 1. The van der Waals surface area contributed by atoms with Crippen LogP contribution < -0.4 is 14.4 Å². The molecule has 0 atom stereocenters. The van der Waals surface area contributed by atoms with Crippen LogP contribution in [-0.2, 0) is 11.2 Å². The second-order valence-corrected chi connectivity index (χ2v) is 6.02. The van der Waals surface area contributed by atoms with Crippen LogP contribution in [0.1, 0.15) is 5.56 Å². The number of fused-ring (bicyclic) bond motifs is 1. The summed E-state index contributed by atoms with van der Waals surface area (Å²) in [5.74, 6) is 1.45. The van der Waals surface area contributed by atoms with Gasteiger partial charge >= 0.3 is 0 Å². The van der Waals surface area contributed by atoms with Crippen molar-refractivity contribution < 1.29 is 14.3 Å². The number of ether oxygens (including phenoxy) is 2. The second-order valence-electron chi connectivity index (χ2n) is 6.02. The van der Waals surface area contributed by atoms with E-state index in [1.165, 1.54) is 0 Å². The highest BCUT2D eigenvalue weighted by atomic mass is 16.5. The Balaban J connectivity index is 1.52. The predicted molar refractivity (Wildman–Crippen MR) is 98.1 cm³/mol. The van der Waals surface area contributed by atoms with Crippen LogP contribution in [0, 0.1) is 0 Å². The van der Waals surface area contributed by atoms with Gasteiger partial charge in [-0.1, -0.05) is 12.1 Å². The molecule has 6 nitrogen and oxygen atoms in total. The molecule has 6 heteroatoms. The van der Waals surface area contributed by atoms with Crippen LogP contribution in [0.3, 0.4) is 0 Å². The Labute approximate surface area is 151 Å². The first kappa shape index (κ1) is 16.2. The first-order chi connectivity index (χ1) is 12.7. The summed E-state index contributed by atoms with van der Waals surface area (Å²) >= 11 is 0. The number of aromatic nitrogens is 2. The molecule has 0 saturated carbocycles. The molecule has 0 saturated heterocycles. The van der Waals surface area contributed by atoms with Gasteiger partial charge in [-0.05, 0) is 35.9 Å². The van der Waals surface area contributed by atoms with E-state index in [1.807, 2.05) is 54.7 Å². The van der Waals surface area contributed by atoms with Crippen molar-refractivity contribution in [1.82, 2.24) is 9.78 Å². The molecule has 0 aliphatic carbocycles. The molecular weight excluding hydrogens is 330 g/mol. The standard InChI is InChI=1S/C20H19N3O3/c1-25-17-7-8-19-18(14-17)22(11-12-26-19)20(24)13-15-3-5-16(6-4-15)23-10-2-9-21-23/h2-10,14H,11-13H2,1H3. The summed E-state index contributed by atoms with van der Waals surface area (Å²) in [6.07, 6.45) is 3.95. The fourth-order valence-corrected chi connectivity index (χ4v) is 3.04. The molecule has 3 aromatic rings. The van der Waals surface area contributed by atoms with Crippen LogP contribution in [0.4, 0.5) is 5.69 Å². The van der Waals surface area contributed by atoms with Crippen LogP contribution in [0.2, 0.25) is 0 Å². The maximum absolute atomic E-state index is 12.9. The van der Waals surface area contributed by atoms with Crippen LogP contribution in [0.15, 0.2) is 60.9 Å². The van der Waals surface area contributed by atoms with Gasteiger partial charge in [0.1, 0.15) is 18.1 Å². The van der Waals surface area contributed by atoms with Crippen molar-refractivity contribution in [2.24, 2.45) is 0 Å². The molecule has 26 heavy (non-hydrogen) atoms. The van der Waals surface area contributed by atoms with Crippen molar-refractivity contribution >= 4 is 11.6 Å². The Bertz CT molecular complexity index is 905. The quantitative estimate of drug-likeness (QED) is 0.727. The summed E-state index contributed by atoms with van der Waals surface area (Å²) in [7, 11) is 1.61. The number of benzene rings is 2. The molecule has 1 aromatic heterocycles. The first-order valence-electron chi connectivity index (χ1n) is 8.45. The highest BCUT2D eigenvalue weighted by molar-refractivity contribution is 5.96. The van der Waals surface area contributed by atoms with E-state index in [9.17, 15) is 4.79 Å². The van der Waals surface area contributed by atoms with E-state index in [1.54, 1.807) is 22.9 Å². The minimum atomic E-state index is 0.0367. The lowest BCUT2D eigenvalue weighted by atomic mass is 10.1. The van der Waals surface area contributed by atoms with E-state index in [0.29, 0.717) is 31.1 Å². The predicted octanol–water partition coefficient (Wildman–Crippen LogP) is 2.85. The molecule has 0 bridgehead atoms. The van der Waals surface area contributed by atoms with Crippen molar-refractivity contribution in [3.05, 3.63) is 66.5 Å². The zero-order valence-corrected chi connectivity index (χ0v) is 14.5. The van der Waals surface area contributed by atoms with Crippen LogP contribution >= 0.6 is 0 Å². The molecular formula is C20H19N3O3. The van der Waals surface area contributed by atoms with Gasteiger partial charge in [0.25, 0.3) is 0 Å². The monoisotopic (exact) mass is 349 g/mol. The van der Waals surface area contributed by atoms with Gasteiger partial charge in [-0.15, -0.1) is 0 Å². The van der Waals surface area contributed by atoms with Gasteiger partial charge in [0, 0.05) is 18.5 Å². The van der Waals surface area contributed by atoms with E-state index >= 15 is 0 Å². The third-order valence-corrected chi connectivity index (χ3v) is 4.39. The zero-order chi connectivity index (χ0) is 17.9.